The number of pyridine rings is 1. The SMILES string of the molecule is Brc1ccccc1OC(c1ccccn1)C1CNCCO1. The van der Waals surface area contributed by atoms with E-state index in [1.54, 1.807) is 6.20 Å². The highest BCUT2D eigenvalue weighted by Crippen LogP contribution is 2.31. The van der Waals surface area contributed by atoms with Gasteiger partial charge in [-0.15, -0.1) is 0 Å². The normalized spacial score (nSPS) is 20.0. The van der Waals surface area contributed by atoms with Crippen molar-refractivity contribution in [3.05, 3.63) is 58.8 Å². The number of halogens is 1. The molecule has 0 aliphatic carbocycles. The zero-order valence-corrected chi connectivity index (χ0v) is 13.1. The van der Waals surface area contributed by atoms with Gasteiger partial charge in [0, 0.05) is 19.3 Å². The molecule has 1 N–H and O–H groups in total. The average molecular weight is 349 g/mol. The Bertz CT molecular complexity index is 573. The van der Waals surface area contributed by atoms with Gasteiger partial charge in [0.05, 0.1) is 16.8 Å². The summed E-state index contributed by atoms with van der Waals surface area (Å²) in [5.74, 6) is 0.794. The molecule has 1 aliphatic rings. The number of ether oxygens (including phenoxy) is 2. The van der Waals surface area contributed by atoms with Crippen molar-refractivity contribution in [2.45, 2.75) is 12.2 Å². The van der Waals surface area contributed by atoms with Crippen LogP contribution in [0.2, 0.25) is 0 Å². The second kappa shape index (κ2) is 7.02. The highest BCUT2D eigenvalue weighted by molar-refractivity contribution is 9.10. The molecule has 1 aromatic heterocycles. The molecule has 1 fully saturated rings. The monoisotopic (exact) mass is 348 g/mol. The minimum atomic E-state index is -0.238. The van der Waals surface area contributed by atoms with Crippen LogP contribution in [0.15, 0.2) is 53.1 Å². The molecule has 0 bridgehead atoms. The van der Waals surface area contributed by atoms with Crippen LogP contribution in [0.25, 0.3) is 0 Å². The van der Waals surface area contributed by atoms with E-state index in [1.165, 1.54) is 0 Å². The second-order valence-corrected chi connectivity index (χ2v) is 5.69. The van der Waals surface area contributed by atoms with E-state index in [9.17, 15) is 0 Å². The Morgan fingerprint density at radius 2 is 2.10 bits per heavy atom. The van der Waals surface area contributed by atoms with Crippen LogP contribution in [0.1, 0.15) is 11.8 Å². The molecule has 0 amide bonds. The molecular weight excluding hydrogens is 332 g/mol. The number of hydrogen-bond acceptors (Lipinski definition) is 4. The molecule has 3 rings (SSSR count). The van der Waals surface area contributed by atoms with E-state index in [0.29, 0.717) is 6.61 Å². The lowest BCUT2D eigenvalue weighted by atomic mass is 10.1. The maximum absolute atomic E-state index is 6.20. The van der Waals surface area contributed by atoms with Gasteiger partial charge >= 0.3 is 0 Å². The van der Waals surface area contributed by atoms with Crippen LogP contribution in [-0.2, 0) is 4.74 Å². The molecule has 0 spiro atoms. The molecule has 110 valence electrons. The predicted octanol–water partition coefficient (Wildman–Crippen LogP) is 2.95. The minimum absolute atomic E-state index is 0.0549. The highest BCUT2D eigenvalue weighted by atomic mass is 79.9. The number of nitrogens with one attached hydrogen (secondary N) is 1. The van der Waals surface area contributed by atoms with E-state index < -0.39 is 0 Å². The van der Waals surface area contributed by atoms with Gasteiger partial charge in [0.2, 0.25) is 0 Å². The summed E-state index contributed by atoms with van der Waals surface area (Å²) in [6, 6.07) is 13.7. The van der Waals surface area contributed by atoms with E-state index in [2.05, 4.69) is 26.2 Å². The summed E-state index contributed by atoms with van der Waals surface area (Å²) in [6.07, 6.45) is 1.49. The first-order chi connectivity index (χ1) is 10.3. The van der Waals surface area contributed by atoms with Gasteiger partial charge in [-0.3, -0.25) is 4.98 Å². The Hall–Kier alpha value is -1.43. The molecule has 5 heteroatoms. The number of morpholine rings is 1. The molecule has 0 radical (unpaired) electrons. The summed E-state index contributed by atoms with van der Waals surface area (Å²) in [4.78, 5) is 4.43. The third-order valence-corrected chi connectivity index (χ3v) is 4.02. The van der Waals surface area contributed by atoms with Crippen LogP contribution in [0, 0.1) is 0 Å². The van der Waals surface area contributed by atoms with Crippen LogP contribution >= 0.6 is 15.9 Å². The van der Waals surface area contributed by atoms with Crippen molar-refractivity contribution in [2.75, 3.05) is 19.7 Å². The molecule has 0 saturated carbocycles. The van der Waals surface area contributed by atoms with E-state index >= 15 is 0 Å². The van der Waals surface area contributed by atoms with Crippen LogP contribution in [-0.4, -0.2) is 30.8 Å². The van der Waals surface area contributed by atoms with Crippen LogP contribution in [0.3, 0.4) is 0 Å². The van der Waals surface area contributed by atoms with Gasteiger partial charge in [0.1, 0.15) is 11.9 Å². The number of hydrogen-bond donors (Lipinski definition) is 1. The molecule has 2 heterocycles. The molecule has 1 aliphatic heterocycles. The van der Waals surface area contributed by atoms with Crippen molar-refractivity contribution >= 4 is 15.9 Å². The molecule has 1 aromatic carbocycles. The van der Waals surface area contributed by atoms with E-state index in [0.717, 1.165) is 29.0 Å². The number of aromatic nitrogens is 1. The largest absolute Gasteiger partial charge is 0.480 e. The molecule has 4 nitrogen and oxygen atoms in total. The van der Waals surface area contributed by atoms with Gasteiger partial charge in [0.25, 0.3) is 0 Å². The molecular formula is C16H17BrN2O2. The summed E-state index contributed by atoms with van der Waals surface area (Å²) < 4.78 is 13.0. The Balaban J connectivity index is 1.87. The second-order valence-electron chi connectivity index (χ2n) is 4.84. The number of nitrogens with zero attached hydrogens (tertiary/aromatic N) is 1. The number of para-hydroxylation sites is 1. The highest BCUT2D eigenvalue weighted by Gasteiger charge is 2.29. The maximum atomic E-state index is 6.20. The van der Waals surface area contributed by atoms with Gasteiger partial charge in [-0.25, -0.2) is 0 Å². The van der Waals surface area contributed by atoms with Crippen molar-refractivity contribution in [1.82, 2.24) is 10.3 Å². The molecule has 2 unspecified atom stereocenters. The van der Waals surface area contributed by atoms with Gasteiger partial charge < -0.3 is 14.8 Å². The average Bonchev–Trinajstić information content (AvgIpc) is 2.56. The first kappa shape index (κ1) is 14.5. The van der Waals surface area contributed by atoms with Gasteiger partial charge in [-0.2, -0.15) is 0 Å². The zero-order chi connectivity index (χ0) is 14.5. The molecule has 2 aromatic rings. The maximum Gasteiger partial charge on any atom is 0.168 e. The lowest BCUT2D eigenvalue weighted by molar-refractivity contribution is -0.0449. The molecule has 1 saturated heterocycles. The Morgan fingerprint density at radius 3 is 2.81 bits per heavy atom. The lowest BCUT2D eigenvalue weighted by Crippen LogP contribution is -2.43. The summed E-state index contributed by atoms with van der Waals surface area (Å²) in [5, 5.41) is 3.34. The minimum Gasteiger partial charge on any atom is -0.480 e. The van der Waals surface area contributed by atoms with Gasteiger partial charge in [0.15, 0.2) is 6.10 Å². The lowest BCUT2D eigenvalue weighted by Gasteiger charge is -2.31. The van der Waals surface area contributed by atoms with Crippen LogP contribution in [0.5, 0.6) is 5.75 Å². The van der Waals surface area contributed by atoms with Crippen molar-refractivity contribution < 1.29 is 9.47 Å². The smallest absolute Gasteiger partial charge is 0.168 e. The van der Waals surface area contributed by atoms with Gasteiger partial charge in [-0.05, 0) is 40.2 Å². The first-order valence-corrected chi connectivity index (χ1v) is 7.78. The standard InChI is InChI=1S/C16H17BrN2O2/c17-12-5-1-2-7-14(12)21-16(13-6-3-4-8-19-13)15-11-18-9-10-20-15/h1-8,15-16,18H,9-11H2. The van der Waals surface area contributed by atoms with E-state index in [4.69, 9.17) is 9.47 Å². The topological polar surface area (TPSA) is 43.4 Å². The Labute approximate surface area is 132 Å². The summed E-state index contributed by atoms with van der Waals surface area (Å²) >= 11 is 3.52. The Morgan fingerprint density at radius 1 is 1.24 bits per heavy atom. The van der Waals surface area contributed by atoms with Gasteiger partial charge in [-0.1, -0.05) is 18.2 Å². The van der Waals surface area contributed by atoms with E-state index in [1.807, 2.05) is 42.5 Å². The first-order valence-electron chi connectivity index (χ1n) is 6.99. The number of rotatable bonds is 4. The quantitative estimate of drug-likeness (QED) is 0.922. The fourth-order valence-electron chi connectivity index (χ4n) is 2.33. The fraction of sp³-hybridized carbons (Fsp3) is 0.312. The van der Waals surface area contributed by atoms with Crippen molar-refractivity contribution in [2.24, 2.45) is 0 Å². The summed E-state index contributed by atoms with van der Waals surface area (Å²) in [6.45, 7) is 2.32. The third-order valence-electron chi connectivity index (χ3n) is 3.36. The van der Waals surface area contributed by atoms with Crippen LogP contribution < -0.4 is 10.1 Å². The van der Waals surface area contributed by atoms with Crippen molar-refractivity contribution in [3.8, 4) is 5.75 Å². The number of benzene rings is 1. The Kier molecular flexibility index (Phi) is 4.85. The molecule has 21 heavy (non-hydrogen) atoms. The zero-order valence-electron chi connectivity index (χ0n) is 11.5. The fourth-order valence-corrected chi connectivity index (χ4v) is 2.71. The van der Waals surface area contributed by atoms with Crippen molar-refractivity contribution in [3.63, 3.8) is 0 Å². The summed E-state index contributed by atoms with van der Waals surface area (Å²) in [5.41, 5.74) is 0.877. The molecule has 2 atom stereocenters. The van der Waals surface area contributed by atoms with Crippen LogP contribution in [0.4, 0.5) is 0 Å². The van der Waals surface area contributed by atoms with E-state index in [-0.39, 0.29) is 12.2 Å². The summed E-state index contributed by atoms with van der Waals surface area (Å²) in [7, 11) is 0. The predicted molar refractivity (Wildman–Crippen MR) is 84.4 cm³/mol. The van der Waals surface area contributed by atoms with Crippen molar-refractivity contribution in [1.29, 1.82) is 0 Å². The third kappa shape index (κ3) is 3.61.